The molecule has 0 aromatic carbocycles. The molecule has 11 nitrogen and oxygen atoms in total. The Balaban J connectivity index is 4.58. The Labute approximate surface area is 170 Å². The first kappa shape index (κ1) is 26.0. The largest absolute Gasteiger partial charge is 0.349 e. The molecule has 0 fully saturated rings. The van der Waals surface area contributed by atoms with Crippen LogP contribution in [0.3, 0.4) is 0 Å². The van der Waals surface area contributed by atoms with Gasteiger partial charge in [-0.25, -0.2) is 0 Å². The van der Waals surface area contributed by atoms with E-state index in [1.807, 2.05) is 0 Å². The third-order valence-electron chi connectivity index (χ3n) is 3.98. The Kier molecular flexibility index (Phi) is 11.2. The van der Waals surface area contributed by atoms with E-state index in [-0.39, 0.29) is 24.7 Å². The molecule has 1 unspecified atom stereocenters. The van der Waals surface area contributed by atoms with Gasteiger partial charge in [-0.3, -0.25) is 24.0 Å². The lowest BCUT2D eigenvalue weighted by atomic mass is 10.1. The number of amides is 5. The summed E-state index contributed by atoms with van der Waals surface area (Å²) < 4.78 is 0. The maximum atomic E-state index is 12.2. The molecule has 0 aliphatic heterocycles. The second kappa shape index (κ2) is 12.5. The van der Waals surface area contributed by atoms with Gasteiger partial charge >= 0.3 is 0 Å². The molecule has 0 spiro atoms. The highest BCUT2D eigenvalue weighted by Gasteiger charge is 2.24. The average Bonchev–Trinajstić information content (AvgIpc) is 2.63. The van der Waals surface area contributed by atoms with Crippen LogP contribution in [-0.4, -0.2) is 79.0 Å². The van der Waals surface area contributed by atoms with Crippen molar-refractivity contribution in [1.82, 2.24) is 26.2 Å². The summed E-state index contributed by atoms with van der Waals surface area (Å²) in [4.78, 5) is 71.3. The van der Waals surface area contributed by atoms with Gasteiger partial charge in [0.05, 0.1) is 6.04 Å². The van der Waals surface area contributed by atoms with Crippen LogP contribution in [0.4, 0.5) is 0 Å². The summed E-state index contributed by atoms with van der Waals surface area (Å²) in [6.45, 7) is 5.59. The molecule has 11 heteroatoms. The Morgan fingerprint density at radius 2 is 1.21 bits per heavy atom. The third-order valence-corrected chi connectivity index (χ3v) is 3.98. The molecule has 0 aromatic heterocycles. The molecule has 5 amide bonds. The molecule has 0 rings (SSSR count). The highest BCUT2D eigenvalue weighted by Crippen LogP contribution is 1.99. The van der Waals surface area contributed by atoms with E-state index in [1.165, 1.54) is 32.6 Å². The van der Waals surface area contributed by atoms with E-state index in [2.05, 4.69) is 21.3 Å². The molecule has 4 atom stereocenters. The van der Waals surface area contributed by atoms with Crippen LogP contribution in [0, 0.1) is 0 Å². The van der Waals surface area contributed by atoms with E-state index in [1.54, 1.807) is 14.1 Å². The fourth-order valence-corrected chi connectivity index (χ4v) is 2.16. The lowest BCUT2D eigenvalue weighted by Gasteiger charge is -2.21. The van der Waals surface area contributed by atoms with Crippen LogP contribution in [0.2, 0.25) is 0 Å². The number of rotatable bonds is 11. The molecule has 0 saturated heterocycles. The van der Waals surface area contributed by atoms with Gasteiger partial charge < -0.3 is 31.0 Å². The van der Waals surface area contributed by atoms with Crippen LogP contribution in [0.25, 0.3) is 0 Å². The fourth-order valence-electron chi connectivity index (χ4n) is 2.16. The molecule has 0 aliphatic rings. The minimum Gasteiger partial charge on any atom is -0.349 e. The van der Waals surface area contributed by atoms with Crippen LogP contribution >= 0.6 is 0 Å². The Morgan fingerprint density at radius 1 is 0.793 bits per heavy atom. The number of aldehydes is 1. The molecular weight excluding hydrogens is 382 g/mol. The summed E-state index contributed by atoms with van der Waals surface area (Å²) in [5, 5.41) is 9.71. The van der Waals surface area contributed by atoms with Crippen molar-refractivity contribution in [2.24, 2.45) is 0 Å². The minimum atomic E-state index is -0.971. The topological polar surface area (TPSA) is 154 Å². The summed E-state index contributed by atoms with van der Waals surface area (Å²) in [6.07, 6.45) is 0.759. The molecule has 0 bridgehead atoms. The van der Waals surface area contributed by atoms with Gasteiger partial charge in [0.25, 0.3) is 0 Å². The van der Waals surface area contributed by atoms with Crippen LogP contribution in [-0.2, 0) is 28.8 Å². The summed E-state index contributed by atoms with van der Waals surface area (Å²) >= 11 is 0. The maximum Gasteiger partial charge on any atom is 0.242 e. The second-order valence-electron chi connectivity index (χ2n) is 6.96. The lowest BCUT2D eigenvalue weighted by Crippen LogP contribution is -2.55. The van der Waals surface area contributed by atoms with Gasteiger partial charge in [0.1, 0.15) is 24.4 Å². The standard InChI is InChI=1S/C18H31N5O6/c1-10(19-13(4)25)16(27)20-11(2)17(28)21-12(3)18(29)22-14(9-24)7-8-15(26)23(5)6/h9-12,14H,7-8H2,1-6H3,(H,19,25)(H,20,27)(H,21,28)(H,22,29)/t10-,11-,12-,14?/m0/s1. The predicted molar refractivity (Wildman–Crippen MR) is 104 cm³/mol. The number of hydrogen-bond donors (Lipinski definition) is 4. The first-order valence-electron chi connectivity index (χ1n) is 9.22. The molecule has 29 heavy (non-hydrogen) atoms. The van der Waals surface area contributed by atoms with Gasteiger partial charge in [-0.15, -0.1) is 0 Å². The van der Waals surface area contributed by atoms with Gasteiger partial charge in [0, 0.05) is 27.4 Å². The van der Waals surface area contributed by atoms with E-state index in [0.29, 0.717) is 6.29 Å². The van der Waals surface area contributed by atoms with Gasteiger partial charge in [-0.05, 0) is 27.2 Å². The normalized spacial score (nSPS) is 14.4. The minimum absolute atomic E-state index is 0.0903. The number of carbonyl (C=O) groups is 6. The Bertz CT molecular complexity index is 636. The Morgan fingerprint density at radius 3 is 1.59 bits per heavy atom. The van der Waals surface area contributed by atoms with Crippen molar-refractivity contribution in [1.29, 1.82) is 0 Å². The van der Waals surface area contributed by atoms with Crippen LogP contribution in [0.5, 0.6) is 0 Å². The van der Waals surface area contributed by atoms with Crippen molar-refractivity contribution < 1.29 is 28.8 Å². The van der Waals surface area contributed by atoms with Gasteiger partial charge in [0.15, 0.2) is 0 Å². The van der Waals surface area contributed by atoms with Gasteiger partial charge in [0.2, 0.25) is 29.5 Å². The van der Waals surface area contributed by atoms with Crippen molar-refractivity contribution in [3.63, 3.8) is 0 Å². The van der Waals surface area contributed by atoms with E-state index in [9.17, 15) is 28.8 Å². The van der Waals surface area contributed by atoms with Crippen molar-refractivity contribution in [2.75, 3.05) is 14.1 Å². The molecule has 164 valence electrons. The van der Waals surface area contributed by atoms with E-state index >= 15 is 0 Å². The van der Waals surface area contributed by atoms with E-state index in [0.717, 1.165) is 0 Å². The number of nitrogens with zero attached hydrogens (tertiary/aromatic N) is 1. The third kappa shape index (κ3) is 10.2. The van der Waals surface area contributed by atoms with Crippen LogP contribution in [0.15, 0.2) is 0 Å². The van der Waals surface area contributed by atoms with E-state index < -0.39 is 41.9 Å². The molecule has 0 radical (unpaired) electrons. The Hall–Kier alpha value is -2.98. The highest BCUT2D eigenvalue weighted by atomic mass is 16.2. The molecule has 0 saturated carbocycles. The molecule has 0 aliphatic carbocycles. The van der Waals surface area contributed by atoms with E-state index in [4.69, 9.17) is 0 Å². The quantitative estimate of drug-likeness (QED) is 0.289. The first-order valence-corrected chi connectivity index (χ1v) is 9.22. The summed E-state index contributed by atoms with van der Waals surface area (Å²) in [5.41, 5.74) is 0. The molecular formula is C18H31N5O6. The zero-order valence-corrected chi connectivity index (χ0v) is 17.7. The monoisotopic (exact) mass is 413 g/mol. The maximum absolute atomic E-state index is 12.2. The fraction of sp³-hybridized carbons (Fsp3) is 0.667. The smallest absolute Gasteiger partial charge is 0.242 e. The second-order valence-corrected chi connectivity index (χ2v) is 6.96. The van der Waals surface area contributed by atoms with Gasteiger partial charge in [-0.2, -0.15) is 0 Å². The van der Waals surface area contributed by atoms with Crippen molar-refractivity contribution in [3.05, 3.63) is 0 Å². The average molecular weight is 413 g/mol. The van der Waals surface area contributed by atoms with Crippen molar-refractivity contribution in [3.8, 4) is 0 Å². The molecule has 0 heterocycles. The SMILES string of the molecule is CC(=O)N[C@@H](C)C(=O)N[C@@H](C)C(=O)N[C@@H](C)C(=O)NC(C=O)CCC(=O)N(C)C. The zero-order chi connectivity index (χ0) is 22.7. The predicted octanol–water partition coefficient (Wildman–Crippen LogP) is -1.93. The molecule has 0 aromatic rings. The lowest BCUT2D eigenvalue weighted by molar-refractivity contribution is -0.133. The van der Waals surface area contributed by atoms with Crippen LogP contribution in [0.1, 0.15) is 40.5 Å². The van der Waals surface area contributed by atoms with Crippen molar-refractivity contribution in [2.45, 2.75) is 64.7 Å². The van der Waals surface area contributed by atoms with Gasteiger partial charge in [-0.1, -0.05) is 0 Å². The molecule has 4 N–H and O–H groups in total. The number of carbonyl (C=O) groups excluding carboxylic acids is 6. The number of nitrogens with one attached hydrogen (secondary N) is 4. The number of hydrogen-bond acceptors (Lipinski definition) is 6. The van der Waals surface area contributed by atoms with Crippen molar-refractivity contribution >= 4 is 35.8 Å². The summed E-state index contributed by atoms with van der Waals surface area (Å²) in [7, 11) is 3.18. The van der Waals surface area contributed by atoms with Crippen LogP contribution < -0.4 is 21.3 Å². The first-order chi connectivity index (χ1) is 13.4. The summed E-state index contributed by atoms with van der Waals surface area (Å²) in [5.74, 6) is -2.32. The summed E-state index contributed by atoms with van der Waals surface area (Å²) in [6, 6.07) is -3.60. The zero-order valence-electron chi connectivity index (χ0n) is 17.7. The highest BCUT2D eigenvalue weighted by molar-refractivity contribution is 5.94.